The number of primary sulfonamides is 1. The van der Waals surface area contributed by atoms with Crippen molar-refractivity contribution in [3.05, 3.63) is 95.1 Å². The SMILES string of the molecule is NS(=O)(=O)c1cccc(NC(=O)c2ccc3c(c2)C[C@H](c2ccccc2)OC3=O)c1. The fourth-order valence-corrected chi connectivity index (χ4v) is 3.90. The van der Waals surface area contributed by atoms with Crippen molar-refractivity contribution in [2.45, 2.75) is 17.4 Å². The van der Waals surface area contributed by atoms with Gasteiger partial charge >= 0.3 is 5.97 Å². The Kier molecular flexibility index (Phi) is 5.11. The molecule has 0 unspecified atom stereocenters. The highest BCUT2D eigenvalue weighted by Gasteiger charge is 2.28. The summed E-state index contributed by atoms with van der Waals surface area (Å²) >= 11 is 0. The van der Waals surface area contributed by atoms with Crippen molar-refractivity contribution in [3.8, 4) is 0 Å². The van der Waals surface area contributed by atoms with Gasteiger partial charge in [0.2, 0.25) is 10.0 Å². The summed E-state index contributed by atoms with van der Waals surface area (Å²) in [6, 6.07) is 19.8. The lowest BCUT2D eigenvalue weighted by molar-refractivity contribution is 0.0252. The molecule has 3 N–H and O–H groups in total. The number of sulfonamides is 1. The summed E-state index contributed by atoms with van der Waals surface area (Å²) in [5, 5.41) is 7.79. The Morgan fingerprint density at radius 2 is 1.77 bits per heavy atom. The minimum Gasteiger partial charge on any atom is -0.454 e. The number of nitrogens with two attached hydrogens (primary N) is 1. The number of fused-ring (bicyclic) bond motifs is 1. The largest absolute Gasteiger partial charge is 0.454 e. The van der Waals surface area contributed by atoms with E-state index in [0.717, 1.165) is 5.56 Å². The van der Waals surface area contributed by atoms with Gasteiger partial charge in [-0.1, -0.05) is 36.4 Å². The molecule has 8 heteroatoms. The first-order valence-corrected chi connectivity index (χ1v) is 10.7. The van der Waals surface area contributed by atoms with Gasteiger partial charge in [0.05, 0.1) is 10.5 Å². The molecule has 1 atom stereocenters. The van der Waals surface area contributed by atoms with E-state index in [1.807, 2.05) is 30.3 Å². The van der Waals surface area contributed by atoms with E-state index in [4.69, 9.17) is 9.88 Å². The highest BCUT2D eigenvalue weighted by Crippen LogP contribution is 2.31. The zero-order chi connectivity index (χ0) is 21.3. The molecule has 1 aliphatic heterocycles. The predicted molar refractivity (Wildman–Crippen MR) is 111 cm³/mol. The summed E-state index contributed by atoms with van der Waals surface area (Å²) < 4.78 is 28.5. The van der Waals surface area contributed by atoms with E-state index in [9.17, 15) is 18.0 Å². The number of hydrogen-bond donors (Lipinski definition) is 2. The van der Waals surface area contributed by atoms with E-state index < -0.39 is 28.0 Å². The van der Waals surface area contributed by atoms with Gasteiger partial charge in [-0.25, -0.2) is 18.4 Å². The molecule has 0 aromatic heterocycles. The van der Waals surface area contributed by atoms with Crippen LogP contribution in [0.15, 0.2) is 77.7 Å². The Morgan fingerprint density at radius 1 is 1.00 bits per heavy atom. The highest BCUT2D eigenvalue weighted by molar-refractivity contribution is 7.89. The third-order valence-electron chi connectivity index (χ3n) is 4.83. The second-order valence-electron chi connectivity index (χ2n) is 6.91. The molecule has 0 aliphatic carbocycles. The van der Waals surface area contributed by atoms with Crippen LogP contribution in [0.5, 0.6) is 0 Å². The number of carbonyl (C=O) groups excluding carboxylic acids is 2. The first kappa shape index (κ1) is 19.8. The molecule has 152 valence electrons. The molecule has 0 saturated heterocycles. The lowest BCUT2D eigenvalue weighted by Gasteiger charge is -2.25. The van der Waals surface area contributed by atoms with Crippen LogP contribution in [-0.4, -0.2) is 20.3 Å². The second-order valence-corrected chi connectivity index (χ2v) is 8.47. The number of cyclic esters (lactones) is 1. The van der Waals surface area contributed by atoms with E-state index in [1.165, 1.54) is 24.3 Å². The Hall–Kier alpha value is -3.49. The Labute approximate surface area is 173 Å². The van der Waals surface area contributed by atoms with Crippen molar-refractivity contribution in [2.24, 2.45) is 5.14 Å². The third-order valence-corrected chi connectivity index (χ3v) is 5.74. The zero-order valence-corrected chi connectivity index (χ0v) is 16.6. The maximum atomic E-state index is 12.7. The van der Waals surface area contributed by atoms with Crippen LogP contribution in [-0.2, 0) is 21.2 Å². The van der Waals surface area contributed by atoms with E-state index in [0.29, 0.717) is 28.8 Å². The van der Waals surface area contributed by atoms with Gasteiger partial charge in [-0.15, -0.1) is 0 Å². The molecule has 3 aromatic carbocycles. The summed E-state index contributed by atoms with van der Waals surface area (Å²) in [4.78, 5) is 25.0. The average molecular weight is 422 g/mol. The average Bonchev–Trinajstić information content (AvgIpc) is 2.73. The number of rotatable bonds is 4. The lowest BCUT2D eigenvalue weighted by atomic mass is 9.93. The summed E-state index contributed by atoms with van der Waals surface area (Å²) in [7, 11) is -3.88. The Bertz CT molecular complexity index is 1240. The molecule has 0 fully saturated rings. The molecule has 3 aromatic rings. The standard InChI is InChI=1S/C22H18N2O5S/c23-30(27,28)18-8-4-7-17(13-18)24-21(25)15-9-10-19-16(11-15)12-20(29-22(19)26)14-5-2-1-3-6-14/h1-11,13,20H,12H2,(H,24,25)(H2,23,27,28)/t20-/m1/s1. The van der Waals surface area contributed by atoms with Crippen LogP contribution in [0, 0.1) is 0 Å². The maximum absolute atomic E-state index is 12.7. The number of hydrogen-bond acceptors (Lipinski definition) is 5. The normalized spacial score (nSPS) is 15.8. The molecule has 0 bridgehead atoms. The van der Waals surface area contributed by atoms with Crippen LogP contribution in [0.3, 0.4) is 0 Å². The lowest BCUT2D eigenvalue weighted by Crippen LogP contribution is -2.23. The highest BCUT2D eigenvalue weighted by atomic mass is 32.2. The zero-order valence-electron chi connectivity index (χ0n) is 15.7. The monoisotopic (exact) mass is 422 g/mol. The van der Waals surface area contributed by atoms with Crippen molar-refractivity contribution < 1.29 is 22.7 Å². The van der Waals surface area contributed by atoms with Crippen molar-refractivity contribution in [3.63, 3.8) is 0 Å². The van der Waals surface area contributed by atoms with Gasteiger partial charge in [-0.2, -0.15) is 0 Å². The summed E-state index contributed by atoms with van der Waals surface area (Å²) in [6.07, 6.45) is 0.0311. The number of esters is 1. The van der Waals surface area contributed by atoms with Crippen LogP contribution in [0.2, 0.25) is 0 Å². The van der Waals surface area contributed by atoms with Crippen LogP contribution in [0.4, 0.5) is 5.69 Å². The maximum Gasteiger partial charge on any atom is 0.339 e. The molecule has 1 amide bonds. The van der Waals surface area contributed by atoms with E-state index in [1.54, 1.807) is 18.2 Å². The van der Waals surface area contributed by atoms with Crippen molar-refractivity contribution >= 4 is 27.6 Å². The van der Waals surface area contributed by atoms with Gasteiger partial charge in [0.1, 0.15) is 6.10 Å². The van der Waals surface area contributed by atoms with Crippen molar-refractivity contribution in [1.29, 1.82) is 0 Å². The molecular weight excluding hydrogens is 404 g/mol. The molecule has 30 heavy (non-hydrogen) atoms. The number of amides is 1. The summed E-state index contributed by atoms with van der Waals surface area (Å²) in [6.45, 7) is 0. The van der Waals surface area contributed by atoms with Crippen molar-refractivity contribution in [1.82, 2.24) is 0 Å². The number of ether oxygens (including phenoxy) is 1. The number of anilines is 1. The Balaban J connectivity index is 1.58. The number of benzene rings is 3. The van der Waals surface area contributed by atoms with Gasteiger partial charge in [0.25, 0.3) is 5.91 Å². The van der Waals surface area contributed by atoms with Crippen LogP contribution >= 0.6 is 0 Å². The van der Waals surface area contributed by atoms with E-state index in [-0.39, 0.29) is 4.90 Å². The smallest absolute Gasteiger partial charge is 0.339 e. The molecule has 7 nitrogen and oxygen atoms in total. The van der Waals surface area contributed by atoms with Gasteiger partial charge in [0, 0.05) is 17.7 Å². The molecule has 1 aliphatic rings. The van der Waals surface area contributed by atoms with Crippen LogP contribution in [0.25, 0.3) is 0 Å². The number of nitrogens with one attached hydrogen (secondary N) is 1. The third kappa shape index (κ3) is 4.10. The first-order chi connectivity index (χ1) is 14.3. The second kappa shape index (κ2) is 7.74. The Morgan fingerprint density at radius 3 is 2.50 bits per heavy atom. The fraction of sp³-hybridized carbons (Fsp3) is 0.0909. The van der Waals surface area contributed by atoms with Gasteiger partial charge in [0.15, 0.2) is 0 Å². The van der Waals surface area contributed by atoms with Gasteiger partial charge in [-0.05, 0) is 47.5 Å². The fourth-order valence-electron chi connectivity index (χ4n) is 3.34. The minimum atomic E-state index is -3.88. The van der Waals surface area contributed by atoms with E-state index in [2.05, 4.69) is 5.32 Å². The number of carbonyl (C=O) groups is 2. The quantitative estimate of drug-likeness (QED) is 0.627. The molecule has 0 spiro atoms. The van der Waals surface area contributed by atoms with Gasteiger partial charge in [-0.3, -0.25) is 4.79 Å². The summed E-state index contributed by atoms with van der Waals surface area (Å²) in [5.41, 5.74) is 2.66. The van der Waals surface area contributed by atoms with Gasteiger partial charge < -0.3 is 10.1 Å². The van der Waals surface area contributed by atoms with Crippen molar-refractivity contribution in [2.75, 3.05) is 5.32 Å². The molecular formula is C22H18N2O5S. The molecule has 4 rings (SSSR count). The molecule has 1 heterocycles. The van der Waals surface area contributed by atoms with Crippen LogP contribution < -0.4 is 10.5 Å². The predicted octanol–water partition coefficient (Wildman–Crippen LogP) is 3.04. The first-order valence-electron chi connectivity index (χ1n) is 9.14. The molecule has 0 saturated carbocycles. The topological polar surface area (TPSA) is 116 Å². The minimum absolute atomic E-state index is 0.0980. The molecule has 0 radical (unpaired) electrons. The van der Waals surface area contributed by atoms with Crippen LogP contribution in [0.1, 0.15) is 37.9 Å². The van der Waals surface area contributed by atoms with E-state index >= 15 is 0 Å². The summed E-state index contributed by atoms with van der Waals surface area (Å²) in [5.74, 6) is -0.863.